The average Bonchev–Trinajstić information content (AvgIpc) is 2.34. The van der Waals surface area contributed by atoms with E-state index in [1.54, 1.807) is 21.0 Å². The molecule has 4 nitrogen and oxygen atoms in total. The molecule has 0 spiro atoms. The van der Waals surface area contributed by atoms with Gasteiger partial charge in [-0.15, -0.1) is 0 Å². The molecule has 0 aliphatic carbocycles. The largest absolute Gasteiger partial charge is 0.493 e. The topological polar surface area (TPSA) is 50.7 Å². The second kappa shape index (κ2) is 7.14. The standard InChI is InChI=1S/C17H29NO3/c1-16(2,3)18-12-13-7-8-14(20-6)15(11-13)21-10-9-17(4,5)19/h7-8,11,18-19H,9-10,12H2,1-6H3. The van der Waals surface area contributed by atoms with Gasteiger partial charge in [0.1, 0.15) is 0 Å². The monoisotopic (exact) mass is 295 g/mol. The molecule has 0 amide bonds. The summed E-state index contributed by atoms with van der Waals surface area (Å²) in [5.74, 6) is 1.43. The summed E-state index contributed by atoms with van der Waals surface area (Å²) in [4.78, 5) is 0. The molecule has 120 valence electrons. The molecule has 1 rings (SSSR count). The molecule has 21 heavy (non-hydrogen) atoms. The van der Waals surface area contributed by atoms with E-state index in [9.17, 15) is 5.11 Å². The normalized spacial score (nSPS) is 12.3. The fourth-order valence-electron chi connectivity index (χ4n) is 1.72. The molecule has 0 atom stereocenters. The van der Waals surface area contributed by atoms with Gasteiger partial charge in [-0.3, -0.25) is 0 Å². The van der Waals surface area contributed by atoms with Gasteiger partial charge in [0.2, 0.25) is 0 Å². The number of nitrogens with one attached hydrogen (secondary N) is 1. The van der Waals surface area contributed by atoms with Crippen molar-refractivity contribution >= 4 is 0 Å². The Balaban J connectivity index is 2.71. The third kappa shape index (κ3) is 7.34. The SMILES string of the molecule is COc1ccc(CNC(C)(C)C)cc1OCCC(C)(C)O. The van der Waals surface area contributed by atoms with E-state index >= 15 is 0 Å². The molecular weight excluding hydrogens is 266 g/mol. The van der Waals surface area contributed by atoms with Crippen LogP contribution in [0.1, 0.15) is 46.6 Å². The summed E-state index contributed by atoms with van der Waals surface area (Å²) in [5, 5.41) is 13.2. The summed E-state index contributed by atoms with van der Waals surface area (Å²) < 4.78 is 11.1. The minimum Gasteiger partial charge on any atom is -0.493 e. The van der Waals surface area contributed by atoms with Crippen LogP contribution in [0.3, 0.4) is 0 Å². The Morgan fingerprint density at radius 1 is 1.10 bits per heavy atom. The molecule has 4 heteroatoms. The van der Waals surface area contributed by atoms with Crippen molar-refractivity contribution in [2.24, 2.45) is 0 Å². The molecule has 0 bridgehead atoms. The minimum atomic E-state index is -0.724. The van der Waals surface area contributed by atoms with E-state index in [0.29, 0.717) is 18.8 Å². The van der Waals surface area contributed by atoms with Gasteiger partial charge in [0.25, 0.3) is 0 Å². The molecule has 0 aromatic heterocycles. The second-order valence-corrected chi connectivity index (χ2v) is 7.00. The third-order valence-corrected chi connectivity index (χ3v) is 3.02. The number of rotatable bonds is 7. The molecule has 0 saturated carbocycles. The van der Waals surface area contributed by atoms with E-state index in [-0.39, 0.29) is 5.54 Å². The van der Waals surface area contributed by atoms with Crippen LogP contribution < -0.4 is 14.8 Å². The number of methoxy groups -OCH3 is 1. The zero-order valence-corrected chi connectivity index (χ0v) is 14.1. The highest BCUT2D eigenvalue weighted by Crippen LogP contribution is 2.28. The lowest BCUT2D eigenvalue weighted by Gasteiger charge is -2.21. The molecule has 0 aliphatic rings. The molecule has 1 aromatic rings. The minimum absolute atomic E-state index is 0.0713. The lowest BCUT2D eigenvalue weighted by Crippen LogP contribution is -2.35. The van der Waals surface area contributed by atoms with E-state index in [1.165, 1.54) is 0 Å². The van der Waals surface area contributed by atoms with Crippen LogP contribution in [0.4, 0.5) is 0 Å². The zero-order valence-electron chi connectivity index (χ0n) is 14.1. The average molecular weight is 295 g/mol. The molecule has 2 N–H and O–H groups in total. The maximum atomic E-state index is 9.73. The summed E-state index contributed by atoms with van der Waals surface area (Å²) in [7, 11) is 1.63. The predicted molar refractivity (Wildman–Crippen MR) is 86.0 cm³/mol. The molecule has 0 radical (unpaired) electrons. The fourth-order valence-corrected chi connectivity index (χ4v) is 1.72. The molecule has 0 heterocycles. The molecule has 0 fully saturated rings. The molecular formula is C17H29NO3. The van der Waals surface area contributed by atoms with Crippen molar-refractivity contribution in [3.63, 3.8) is 0 Å². The maximum absolute atomic E-state index is 9.73. The summed E-state index contributed by atoms with van der Waals surface area (Å²) in [6.45, 7) is 11.2. The first-order valence-corrected chi connectivity index (χ1v) is 7.38. The van der Waals surface area contributed by atoms with Crippen molar-refractivity contribution in [2.45, 2.75) is 58.7 Å². The van der Waals surface area contributed by atoms with Crippen LogP contribution in [0.2, 0.25) is 0 Å². The van der Waals surface area contributed by atoms with Crippen LogP contribution in [-0.2, 0) is 6.54 Å². The molecule has 0 unspecified atom stereocenters. The Kier molecular flexibility index (Phi) is 6.05. The van der Waals surface area contributed by atoms with Gasteiger partial charge >= 0.3 is 0 Å². The van der Waals surface area contributed by atoms with E-state index in [2.05, 4.69) is 26.1 Å². The highest BCUT2D eigenvalue weighted by atomic mass is 16.5. The van der Waals surface area contributed by atoms with Crippen molar-refractivity contribution in [3.8, 4) is 11.5 Å². The van der Waals surface area contributed by atoms with E-state index in [1.807, 2.05) is 18.2 Å². The number of hydrogen-bond donors (Lipinski definition) is 2. The van der Waals surface area contributed by atoms with Crippen LogP contribution >= 0.6 is 0 Å². The molecule has 1 aromatic carbocycles. The van der Waals surface area contributed by atoms with E-state index in [4.69, 9.17) is 9.47 Å². The van der Waals surface area contributed by atoms with Crippen molar-refractivity contribution in [3.05, 3.63) is 23.8 Å². The number of ether oxygens (including phenoxy) is 2. The summed E-state index contributed by atoms with van der Waals surface area (Å²) in [6, 6.07) is 5.93. The zero-order chi connectivity index (χ0) is 16.1. The third-order valence-electron chi connectivity index (χ3n) is 3.02. The number of hydrogen-bond acceptors (Lipinski definition) is 4. The summed E-state index contributed by atoms with van der Waals surface area (Å²) in [5.41, 5.74) is 0.490. The van der Waals surface area contributed by atoms with Crippen molar-refractivity contribution in [1.82, 2.24) is 5.32 Å². The smallest absolute Gasteiger partial charge is 0.161 e. The van der Waals surface area contributed by atoms with Gasteiger partial charge in [-0.2, -0.15) is 0 Å². The van der Waals surface area contributed by atoms with Crippen LogP contribution in [-0.4, -0.2) is 30.0 Å². The van der Waals surface area contributed by atoms with Crippen LogP contribution in [0.15, 0.2) is 18.2 Å². The Morgan fingerprint density at radius 2 is 1.76 bits per heavy atom. The van der Waals surface area contributed by atoms with Gasteiger partial charge < -0.3 is 19.9 Å². The number of aliphatic hydroxyl groups is 1. The van der Waals surface area contributed by atoms with Gasteiger partial charge in [-0.25, -0.2) is 0 Å². The molecule has 0 aliphatic heterocycles. The van der Waals surface area contributed by atoms with Gasteiger partial charge in [0.05, 0.1) is 19.3 Å². The van der Waals surface area contributed by atoms with Crippen LogP contribution in [0.25, 0.3) is 0 Å². The van der Waals surface area contributed by atoms with E-state index < -0.39 is 5.60 Å². The summed E-state index contributed by atoms with van der Waals surface area (Å²) in [6.07, 6.45) is 0.570. The van der Waals surface area contributed by atoms with E-state index in [0.717, 1.165) is 17.9 Å². The Bertz CT molecular complexity index is 444. The van der Waals surface area contributed by atoms with Gasteiger partial charge in [0.15, 0.2) is 11.5 Å². The molecule has 0 saturated heterocycles. The summed E-state index contributed by atoms with van der Waals surface area (Å²) >= 11 is 0. The van der Waals surface area contributed by atoms with Crippen LogP contribution in [0, 0.1) is 0 Å². The van der Waals surface area contributed by atoms with Gasteiger partial charge in [0, 0.05) is 18.5 Å². The number of benzene rings is 1. The lowest BCUT2D eigenvalue weighted by atomic mass is 10.1. The quantitative estimate of drug-likeness (QED) is 0.811. The first-order valence-electron chi connectivity index (χ1n) is 7.38. The van der Waals surface area contributed by atoms with Crippen molar-refractivity contribution < 1.29 is 14.6 Å². The first-order chi connectivity index (χ1) is 9.61. The van der Waals surface area contributed by atoms with Crippen LogP contribution in [0.5, 0.6) is 11.5 Å². The Hall–Kier alpha value is -1.26. The first kappa shape index (κ1) is 17.8. The Morgan fingerprint density at radius 3 is 2.29 bits per heavy atom. The maximum Gasteiger partial charge on any atom is 0.161 e. The highest BCUT2D eigenvalue weighted by molar-refractivity contribution is 5.43. The van der Waals surface area contributed by atoms with Crippen molar-refractivity contribution in [1.29, 1.82) is 0 Å². The Labute approximate surface area is 128 Å². The lowest BCUT2D eigenvalue weighted by molar-refractivity contribution is 0.0549. The highest BCUT2D eigenvalue weighted by Gasteiger charge is 2.14. The van der Waals surface area contributed by atoms with Gasteiger partial charge in [-0.05, 0) is 52.3 Å². The van der Waals surface area contributed by atoms with Crippen molar-refractivity contribution in [2.75, 3.05) is 13.7 Å². The second-order valence-electron chi connectivity index (χ2n) is 7.00. The fraction of sp³-hybridized carbons (Fsp3) is 0.647. The van der Waals surface area contributed by atoms with Gasteiger partial charge in [-0.1, -0.05) is 6.07 Å². The predicted octanol–water partition coefficient (Wildman–Crippen LogP) is 3.12.